The summed E-state index contributed by atoms with van der Waals surface area (Å²) < 4.78 is 1.69. The maximum Gasteiger partial charge on any atom is 0.175 e. The molecule has 10 heteroatoms. The highest BCUT2D eigenvalue weighted by atomic mass is 35.5. The molecule has 2 aromatic heterocycles. The molecule has 4 rings (SSSR count). The summed E-state index contributed by atoms with van der Waals surface area (Å²) in [4.78, 5) is 11.8. The van der Waals surface area contributed by atoms with E-state index in [9.17, 15) is 5.26 Å². The van der Waals surface area contributed by atoms with Gasteiger partial charge in [-0.2, -0.15) is 14.9 Å². The van der Waals surface area contributed by atoms with E-state index >= 15 is 0 Å². The number of aromatic nitrogens is 3. The summed E-state index contributed by atoms with van der Waals surface area (Å²) in [6, 6.07) is 12.4. The van der Waals surface area contributed by atoms with Crippen LogP contribution in [0.3, 0.4) is 0 Å². The molecule has 0 saturated carbocycles. The first-order valence-electron chi connectivity index (χ1n) is 11.6. The normalized spacial score (nSPS) is 14.9. The summed E-state index contributed by atoms with van der Waals surface area (Å²) in [6.45, 7) is 9.66. The van der Waals surface area contributed by atoms with Crippen molar-refractivity contribution >= 4 is 46.0 Å². The van der Waals surface area contributed by atoms with Crippen LogP contribution in [0.1, 0.15) is 18.2 Å². The average molecular weight is 501 g/mol. The number of nitrogens with one attached hydrogen (secondary N) is 1. The van der Waals surface area contributed by atoms with E-state index in [0.29, 0.717) is 23.0 Å². The zero-order chi connectivity index (χ0) is 23.9. The largest absolute Gasteiger partial charge is 0.369 e. The van der Waals surface area contributed by atoms with Gasteiger partial charge in [0, 0.05) is 75.0 Å². The van der Waals surface area contributed by atoms with E-state index in [1.54, 1.807) is 10.7 Å². The number of hydrogen-bond acceptors (Lipinski definition) is 7. The van der Waals surface area contributed by atoms with Crippen molar-refractivity contribution in [1.82, 2.24) is 24.4 Å². The van der Waals surface area contributed by atoms with Gasteiger partial charge in [-0.25, -0.2) is 4.98 Å². The van der Waals surface area contributed by atoms with Crippen LogP contribution >= 0.6 is 23.2 Å². The van der Waals surface area contributed by atoms with Crippen LogP contribution < -0.4 is 10.2 Å². The van der Waals surface area contributed by atoms with Gasteiger partial charge in [0.05, 0.1) is 11.9 Å². The molecule has 0 atom stereocenters. The van der Waals surface area contributed by atoms with Gasteiger partial charge in [-0.15, -0.1) is 23.2 Å². The molecule has 0 aliphatic carbocycles. The van der Waals surface area contributed by atoms with E-state index in [1.807, 2.05) is 18.2 Å². The number of benzene rings is 1. The molecule has 1 N–H and O–H groups in total. The molecule has 0 radical (unpaired) electrons. The third-order valence-corrected chi connectivity index (χ3v) is 6.49. The summed E-state index contributed by atoms with van der Waals surface area (Å²) >= 11 is 11.9. The van der Waals surface area contributed by atoms with Gasteiger partial charge in [-0.3, -0.25) is 4.90 Å². The maximum absolute atomic E-state index is 9.54. The minimum atomic E-state index is 0.467. The Morgan fingerprint density at radius 3 is 2.35 bits per heavy atom. The van der Waals surface area contributed by atoms with Crippen molar-refractivity contribution in [1.29, 1.82) is 5.26 Å². The maximum atomic E-state index is 9.54. The van der Waals surface area contributed by atoms with Gasteiger partial charge >= 0.3 is 0 Å². The van der Waals surface area contributed by atoms with Gasteiger partial charge in [-0.05, 0) is 30.8 Å². The van der Waals surface area contributed by atoms with Crippen molar-refractivity contribution in [2.75, 3.05) is 67.8 Å². The fourth-order valence-corrected chi connectivity index (χ4v) is 4.64. The van der Waals surface area contributed by atoms with Crippen LogP contribution in [-0.2, 0) is 6.54 Å². The Hall–Kier alpha value is -2.57. The van der Waals surface area contributed by atoms with Crippen molar-refractivity contribution in [3.8, 4) is 6.07 Å². The number of anilines is 3. The number of piperazine rings is 1. The number of fused-ring (bicyclic) bond motifs is 1. The first kappa shape index (κ1) is 24.6. The Labute approximate surface area is 210 Å². The zero-order valence-corrected chi connectivity index (χ0v) is 20.9. The second kappa shape index (κ2) is 11.7. The monoisotopic (exact) mass is 500 g/mol. The van der Waals surface area contributed by atoms with Crippen LogP contribution in [0.25, 0.3) is 5.65 Å². The molecular formula is C24H30Cl2N8. The molecule has 1 aliphatic rings. The van der Waals surface area contributed by atoms with Crippen LogP contribution in [0, 0.1) is 11.3 Å². The molecule has 34 heavy (non-hydrogen) atoms. The lowest BCUT2D eigenvalue weighted by Crippen LogP contribution is -2.45. The molecule has 0 spiro atoms. The smallest absolute Gasteiger partial charge is 0.175 e. The van der Waals surface area contributed by atoms with Crippen molar-refractivity contribution in [2.45, 2.75) is 13.5 Å². The Bertz CT molecular complexity index is 1110. The Morgan fingerprint density at radius 1 is 1.06 bits per heavy atom. The van der Waals surface area contributed by atoms with E-state index < -0.39 is 0 Å². The third kappa shape index (κ3) is 5.73. The first-order valence-corrected chi connectivity index (χ1v) is 12.7. The molecule has 1 aliphatic heterocycles. The quantitative estimate of drug-likeness (QED) is 0.424. The Balaban J connectivity index is 1.57. The Morgan fingerprint density at radius 2 is 1.74 bits per heavy atom. The predicted octanol–water partition coefficient (Wildman–Crippen LogP) is 3.77. The average Bonchev–Trinajstić information content (AvgIpc) is 3.28. The van der Waals surface area contributed by atoms with Crippen LogP contribution in [0.2, 0.25) is 0 Å². The van der Waals surface area contributed by atoms with E-state index in [2.05, 4.69) is 50.2 Å². The minimum Gasteiger partial charge on any atom is -0.369 e. The molecule has 3 aromatic rings. The fraction of sp³-hybridized carbons (Fsp3) is 0.458. The number of hydrogen-bond donors (Lipinski definition) is 1. The second-order valence-electron chi connectivity index (χ2n) is 8.29. The van der Waals surface area contributed by atoms with Gasteiger partial charge in [0.1, 0.15) is 17.5 Å². The zero-order valence-electron chi connectivity index (χ0n) is 19.4. The van der Waals surface area contributed by atoms with Gasteiger partial charge in [0.2, 0.25) is 0 Å². The van der Waals surface area contributed by atoms with Crippen LogP contribution in [0.4, 0.5) is 17.2 Å². The number of nitrogens with zero attached hydrogens (tertiary/aromatic N) is 7. The molecule has 3 heterocycles. The summed E-state index contributed by atoms with van der Waals surface area (Å²) in [7, 11) is 0. The SMILES string of the molecule is CCN1CCN(Cc2cc(Nc3ccc(N(CCCl)CCCl)cc3)n3ncc(C#N)c3n2)CC1. The summed E-state index contributed by atoms with van der Waals surface area (Å²) in [5.74, 6) is 1.87. The van der Waals surface area contributed by atoms with Gasteiger partial charge in [-0.1, -0.05) is 6.92 Å². The molecule has 180 valence electrons. The molecular weight excluding hydrogens is 471 g/mol. The number of halogens is 2. The lowest BCUT2D eigenvalue weighted by Gasteiger charge is -2.33. The molecule has 0 amide bonds. The van der Waals surface area contributed by atoms with Crippen LogP contribution in [-0.4, -0.2) is 82.0 Å². The number of rotatable bonds is 10. The topological polar surface area (TPSA) is 75.7 Å². The molecule has 1 aromatic carbocycles. The van der Waals surface area contributed by atoms with Crippen LogP contribution in [0.15, 0.2) is 36.5 Å². The van der Waals surface area contributed by atoms with Crippen molar-refractivity contribution < 1.29 is 0 Å². The standard InChI is InChI=1S/C24H30Cl2N8/c1-2-31-11-13-32(14-12-31)18-21-15-23(34-24(30-21)19(16-27)17-28-34)29-20-3-5-22(6-4-20)33(9-7-25)10-8-26/h3-6,15,17,29H,2,7-14,18H2,1H3. The van der Waals surface area contributed by atoms with Gasteiger partial charge in [0.15, 0.2) is 5.65 Å². The molecule has 0 bridgehead atoms. The highest BCUT2D eigenvalue weighted by Gasteiger charge is 2.18. The number of nitriles is 1. The van der Waals surface area contributed by atoms with E-state index in [4.69, 9.17) is 28.2 Å². The third-order valence-electron chi connectivity index (χ3n) is 6.16. The predicted molar refractivity (Wildman–Crippen MR) is 138 cm³/mol. The first-order chi connectivity index (χ1) is 16.6. The van der Waals surface area contributed by atoms with Crippen molar-refractivity contribution in [3.05, 3.63) is 47.8 Å². The fourth-order valence-electron chi connectivity index (χ4n) is 4.23. The van der Waals surface area contributed by atoms with E-state index in [0.717, 1.165) is 75.2 Å². The lowest BCUT2D eigenvalue weighted by atomic mass is 10.2. The summed E-state index contributed by atoms with van der Waals surface area (Å²) in [5.41, 5.74) is 3.95. The van der Waals surface area contributed by atoms with Crippen molar-refractivity contribution in [3.63, 3.8) is 0 Å². The molecule has 8 nitrogen and oxygen atoms in total. The summed E-state index contributed by atoms with van der Waals surface area (Å²) in [6.07, 6.45) is 1.57. The van der Waals surface area contributed by atoms with Gasteiger partial charge in [0.25, 0.3) is 0 Å². The number of alkyl halides is 2. The molecule has 1 fully saturated rings. The lowest BCUT2D eigenvalue weighted by molar-refractivity contribution is 0.131. The van der Waals surface area contributed by atoms with Crippen LogP contribution in [0.5, 0.6) is 0 Å². The van der Waals surface area contributed by atoms with Gasteiger partial charge < -0.3 is 15.1 Å². The number of likely N-dealkylation sites (N-methyl/N-ethyl adjacent to an activating group) is 1. The highest BCUT2D eigenvalue weighted by Crippen LogP contribution is 2.24. The van der Waals surface area contributed by atoms with E-state index in [-0.39, 0.29) is 0 Å². The summed E-state index contributed by atoms with van der Waals surface area (Å²) in [5, 5.41) is 17.4. The molecule has 1 saturated heterocycles. The molecule has 0 unspecified atom stereocenters. The Kier molecular flexibility index (Phi) is 8.46. The highest BCUT2D eigenvalue weighted by molar-refractivity contribution is 6.18. The van der Waals surface area contributed by atoms with E-state index in [1.165, 1.54) is 0 Å². The van der Waals surface area contributed by atoms with Crippen molar-refractivity contribution in [2.24, 2.45) is 0 Å². The minimum absolute atomic E-state index is 0.467. The second-order valence-corrected chi connectivity index (χ2v) is 9.04.